The lowest BCUT2D eigenvalue weighted by Gasteiger charge is -2.24. The van der Waals surface area contributed by atoms with Gasteiger partial charge in [0.25, 0.3) is 0 Å². The Hall–Kier alpha value is -3.39. The van der Waals surface area contributed by atoms with Crippen LogP contribution < -0.4 is 10.6 Å². The van der Waals surface area contributed by atoms with Crippen LogP contribution in [0.2, 0.25) is 0 Å². The molecular formula is C27H34N2O6. The molecule has 1 unspecified atom stereocenters. The molecule has 0 saturated heterocycles. The minimum atomic E-state index is -1.11. The maximum Gasteiger partial charge on any atom is 0.407 e. The third kappa shape index (κ3) is 7.55. The summed E-state index contributed by atoms with van der Waals surface area (Å²) < 4.78 is 5.55. The van der Waals surface area contributed by atoms with Gasteiger partial charge in [0.2, 0.25) is 5.91 Å². The molecule has 0 spiro atoms. The molecule has 0 heterocycles. The number of aliphatic hydroxyl groups is 1. The van der Waals surface area contributed by atoms with E-state index in [1.165, 1.54) is 11.1 Å². The van der Waals surface area contributed by atoms with E-state index in [4.69, 9.17) is 9.84 Å². The van der Waals surface area contributed by atoms with Crippen LogP contribution in [0, 0.1) is 5.41 Å². The molecule has 1 atom stereocenters. The van der Waals surface area contributed by atoms with Gasteiger partial charge >= 0.3 is 12.1 Å². The number of ether oxygens (including phenoxy) is 1. The molecule has 0 aromatic heterocycles. The minimum absolute atomic E-state index is 0.0112. The standard InChI is InChI=1S/C27H34N2O6/c1-27(2,12-11-24(31)29-16-18(30)15-25(32)33)13-14-28-26(34)35-17-23-21-9-5-3-7-19(21)20-8-4-6-10-22(20)23/h3-10,18,23,30H,11-17H2,1-2H3,(H,28,34)(H,29,31)(H,32,33). The average Bonchev–Trinajstić information content (AvgIpc) is 3.13. The van der Waals surface area contributed by atoms with Crippen LogP contribution >= 0.6 is 0 Å². The van der Waals surface area contributed by atoms with E-state index >= 15 is 0 Å². The van der Waals surface area contributed by atoms with Gasteiger partial charge in [0, 0.05) is 25.4 Å². The maximum atomic E-state index is 12.3. The van der Waals surface area contributed by atoms with E-state index in [1.807, 2.05) is 38.1 Å². The molecular weight excluding hydrogens is 448 g/mol. The van der Waals surface area contributed by atoms with Crippen LogP contribution in [0.1, 0.15) is 56.6 Å². The van der Waals surface area contributed by atoms with Crippen LogP contribution in [0.3, 0.4) is 0 Å². The molecule has 2 aromatic carbocycles. The van der Waals surface area contributed by atoms with E-state index in [0.29, 0.717) is 19.4 Å². The first kappa shape index (κ1) is 26.2. The van der Waals surface area contributed by atoms with Crippen molar-refractivity contribution >= 4 is 18.0 Å². The van der Waals surface area contributed by atoms with Crippen molar-refractivity contribution in [3.8, 4) is 11.1 Å². The fourth-order valence-electron chi connectivity index (χ4n) is 4.32. The summed E-state index contributed by atoms with van der Waals surface area (Å²) in [4.78, 5) is 34.9. The topological polar surface area (TPSA) is 125 Å². The number of fused-ring (bicyclic) bond motifs is 3. The first-order valence-corrected chi connectivity index (χ1v) is 11.9. The van der Waals surface area contributed by atoms with Gasteiger partial charge in [0.1, 0.15) is 6.61 Å². The van der Waals surface area contributed by atoms with Crippen molar-refractivity contribution in [3.63, 3.8) is 0 Å². The highest BCUT2D eigenvalue weighted by Gasteiger charge is 2.29. The SMILES string of the molecule is CC(C)(CCNC(=O)OCC1c2ccccc2-c2ccccc21)CCC(=O)NCC(O)CC(=O)O. The smallest absolute Gasteiger partial charge is 0.407 e. The zero-order valence-corrected chi connectivity index (χ0v) is 20.3. The fourth-order valence-corrected chi connectivity index (χ4v) is 4.32. The zero-order chi connectivity index (χ0) is 25.4. The molecule has 0 bridgehead atoms. The number of aliphatic carboxylic acids is 1. The second kappa shape index (κ2) is 11.8. The van der Waals surface area contributed by atoms with Gasteiger partial charge in [0.15, 0.2) is 0 Å². The summed E-state index contributed by atoms with van der Waals surface area (Å²) in [5.41, 5.74) is 4.49. The van der Waals surface area contributed by atoms with Crippen LogP contribution in [-0.4, -0.2) is 54.0 Å². The highest BCUT2D eigenvalue weighted by atomic mass is 16.5. The Bertz CT molecular complexity index is 1010. The fraction of sp³-hybridized carbons (Fsp3) is 0.444. The van der Waals surface area contributed by atoms with Gasteiger partial charge in [-0.2, -0.15) is 0 Å². The quantitative estimate of drug-likeness (QED) is 0.366. The third-order valence-corrected chi connectivity index (χ3v) is 6.39. The summed E-state index contributed by atoms with van der Waals surface area (Å²) in [5.74, 6) is -1.35. The number of hydrogen-bond acceptors (Lipinski definition) is 5. The lowest BCUT2D eigenvalue weighted by Crippen LogP contribution is -2.34. The van der Waals surface area contributed by atoms with Gasteiger partial charge in [-0.05, 0) is 40.5 Å². The van der Waals surface area contributed by atoms with E-state index in [0.717, 1.165) is 11.1 Å². The van der Waals surface area contributed by atoms with Gasteiger partial charge in [0.05, 0.1) is 12.5 Å². The van der Waals surface area contributed by atoms with E-state index in [-0.39, 0.29) is 36.8 Å². The Balaban J connectivity index is 1.38. The molecule has 1 aliphatic carbocycles. The summed E-state index contributed by atoms with van der Waals surface area (Å²) in [7, 11) is 0. The van der Waals surface area contributed by atoms with Crippen molar-refractivity contribution in [1.29, 1.82) is 0 Å². The van der Waals surface area contributed by atoms with Gasteiger partial charge in [-0.25, -0.2) is 4.79 Å². The Morgan fingerprint density at radius 3 is 2.17 bits per heavy atom. The molecule has 8 heteroatoms. The van der Waals surface area contributed by atoms with Crippen molar-refractivity contribution in [1.82, 2.24) is 10.6 Å². The van der Waals surface area contributed by atoms with Crippen LogP contribution in [0.4, 0.5) is 4.79 Å². The Morgan fingerprint density at radius 1 is 0.971 bits per heavy atom. The van der Waals surface area contributed by atoms with Crippen LogP contribution in [-0.2, 0) is 14.3 Å². The predicted octanol–water partition coefficient (Wildman–Crippen LogP) is 3.67. The number of alkyl carbamates (subject to hydrolysis) is 1. The summed E-state index contributed by atoms with van der Waals surface area (Å²) in [6.45, 7) is 4.62. The van der Waals surface area contributed by atoms with E-state index in [1.54, 1.807) is 0 Å². The molecule has 2 amide bonds. The molecule has 188 valence electrons. The number of carbonyl (C=O) groups excluding carboxylic acids is 2. The third-order valence-electron chi connectivity index (χ3n) is 6.39. The molecule has 4 N–H and O–H groups in total. The largest absolute Gasteiger partial charge is 0.481 e. The summed E-state index contributed by atoms with van der Waals surface area (Å²) in [6.07, 6.45) is -0.490. The number of aliphatic hydroxyl groups excluding tert-OH is 1. The highest BCUT2D eigenvalue weighted by molar-refractivity contribution is 5.79. The maximum absolute atomic E-state index is 12.3. The molecule has 3 rings (SSSR count). The summed E-state index contributed by atoms with van der Waals surface area (Å²) >= 11 is 0. The molecule has 1 aliphatic rings. The Kier molecular flexibility index (Phi) is 8.87. The number of carbonyl (C=O) groups is 3. The predicted molar refractivity (Wildman–Crippen MR) is 132 cm³/mol. The van der Waals surface area contributed by atoms with Gasteiger partial charge in [-0.15, -0.1) is 0 Å². The second-order valence-electron chi connectivity index (χ2n) is 9.72. The van der Waals surface area contributed by atoms with Crippen molar-refractivity contribution in [2.45, 2.75) is 51.6 Å². The Labute approximate surface area is 205 Å². The molecule has 0 radical (unpaired) electrons. The number of amides is 2. The molecule has 0 saturated carbocycles. The Morgan fingerprint density at radius 2 is 1.57 bits per heavy atom. The zero-order valence-electron chi connectivity index (χ0n) is 20.3. The monoisotopic (exact) mass is 482 g/mol. The number of benzene rings is 2. The second-order valence-corrected chi connectivity index (χ2v) is 9.72. The van der Waals surface area contributed by atoms with Crippen molar-refractivity contribution in [3.05, 3.63) is 59.7 Å². The normalized spacial score (nSPS) is 13.5. The van der Waals surface area contributed by atoms with Crippen LogP contribution in [0.15, 0.2) is 48.5 Å². The van der Waals surface area contributed by atoms with Crippen LogP contribution in [0.25, 0.3) is 11.1 Å². The van der Waals surface area contributed by atoms with E-state index < -0.39 is 24.6 Å². The van der Waals surface area contributed by atoms with Gasteiger partial charge < -0.3 is 25.6 Å². The number of carboxylic acid groups (broad SMARTS) is 1. The lowest BCUT2D eigenvalue weighted by atomic mass is 9.84. The summed E-state index contributed by atoms with van der Waals surface area (Å²) in [5, 5.41) is 23.5. The van der Waals surface area contributed by atoms with E-state index in [2.05, 4.69) is 34.9 Å². The van der Waals surface area contributed by atoms with Gasteiger partial charge in [-0.1, -0.05) is 62.4 Å². The number of hydrogen-bond donors (Lipinski definition) is 4. The van der Waals surface area contributed by atoms with Crippen molar-refractivity contribution in [2.24, 2.45) is 5.41 Å². The molecule has 8 nitrogen and oxygen atoms in total. The first-order valence-electron chi connectivity index (χ1n) is 11.9. The highest BCUT2D eigenvalue weighted by Crippen LogP contribution is 2.44. The van der Waals surface area contributed by atoms with Crippen LogP contribution in [0.5, 0.6) is 0 Å². The lowest BCUT2D eigenvalue weighted by molar-refractivity contribution is -0.139. The minimum Gasteiger partial charge on any atom is -0.481 e. The number of carboxylic acids is 1. The average molecular weight is 483 g/mol. The molecule has 2 aromatic rings. The van der Waals surface area contributed by atoms with E-state index in [9.17, 15) is 19.5 Å². The van der Waals surface area contributed by atoms with Gasteiger partial charge in [-0.3, -0.25) is 9.59 Å². The number of nitrogens with one attached hydrogen (secondary N) is 2. The molecule has 0 fully saturated rings. The first-order chi connectivity index (χ1) is 16.7. The molecule has 35 heavy (non-hydrogen) atoms. The van der Waals surface area contributed by atoms with Crippen molar-refractivity contribution < 1.29 is 29.3 Å². The summed E-state index contributed by atoms with van der Waals surface area (Å²) in [6, 6.07) is 16.4. The number of rotatable bonds is 12. The van der Waals surface area contributed by atoms with Crippen molar-refractivity contribution in [2.75, 3.05) is 19.7 Å². The molecule has 0 aliphatic heterocycles.